The second-order valence-electron chi connectivity index (χ2n) is 1.49. The minimum Gasteiger partial charge on any atom is -0.358 e. The zero-order valence-corrected chi connectivity index (χ0v) is 9.99. The maximum Gasteiger partial charge on any atom is 2.00 e. The van der Waals surface area contributed by atoms with Gasteiger partial charge in [0.15, 0.2) is 0 Å². The maximum absolute atomic E-state index is 3.72. The standard InChI is InChI=1S/C7H7.CH3.ClH.Zn/c1-7-5-3-2-4-6-7;;;/h2-6H,1H2;1H3;1H;/q2*-1;;+2. The summed E-state index contributed by atoms with van der Waals surface area (Å²) in [4.78, 5) is 0. The van der Waals surface area contributed by atoms with Crippen LogP contribution >= 0.6 is 12.4 Å². The van der Waals surface area contributed by atoms with Crippen molar-refractivity contribution in [2.45, 2.75) is 0 Å². The van der Waals surface area contributed by atoms with Gasteiger partial charge in [0, 0.05) is 0 Å². The van der Waals surface area contributed by atoms with Gasteiger partial charge in [0.1, 0.15) is 0 Å². The molecule has 0 nitrogen and oxygen atoms in total. The molecule has 10 heavy (non-hydrogen) atoms. The predicted octanol–water partition coefficient (Wildman–Crippen LogP) is 2.74. The molecule has 0 spiro atoms. The van der Waals surface area contributed by atoms with E-state index in [1.165, 1.54) is 0 Å². The number of hydrogen-bond acceptors (Lipinski definition) is 0. The summed E-state index contributed by atoms with van der Waals surface area (Å²) < 4.78 is 0. The quantitative estimate of drug-likeness (QED) is 0.454. The monoisotopic (exact) mass is 206 g/mol. The van der Waals surface area contributed by atoms with Crippen LogP contribution in [-0.2, 0) is 19.5 Å². The molecule has 0 radical (unpaired) electrons. The third kappa shape index (κ3) is 6.13. The molecule has 0 unspecified atom stereocenters. The minimum absolute atomic E-state index is 0. The fourth-order valence-electron chi connectivity index (χ4n) is 0.478. The molecule has 0 aromatic heterocycles. The third-order valence-electron chi connectivity index (χ3n) is 0.843. The molecule has 52 valence electrons. The Hall–Kier alpha value is 0.00338. The number of rotatable bonds is 0. The van der Waals surface area contributed by atoms with Gasteiger partial charge in [0.25, 0.3) is 0 Å². The predicted molar refractivity (Wildman–Crippen MR) is 44.6 cm³/mol. The Morgan fingerprint density at radius 1 is 1.00 bits per heavy atom. The second-order valence-corrected chi connectivity index (χ2v) is 1.49. The minimum atomic E-state index is 0. The zero-order chi connectivity index (χ0) is 5.11. The molecule has 0 saturated carbocycles. The first kappa shape index (κ1) is 16.5. The van der Waals surface area contributed by atoms with Crippen molar-refractivity contribution in [1.82, 2.24) is 0 Å². The molecule has 1 rings (SSSR count). The average molecular weight is 208 g/mol. The van der Waals surface area contributed by atoms with Gasteiger partial charge in [-0.2, -0.15) is 24.6 Å². The van der Waals surface area contributed by atoms with Gasteiger partial charge < -0.3 is 7.43 Å². The molecule has 0 aliphatic carbocycles. The van der Waals surface area contributed by atoms with E-state index in [1.54, 1.807) is 0 Å². The van der Waals surface area contributed by atoms with Crippen LogP contribution in [-0.4, -0.2) is 0 Å². The molecule has 0 amide bonds. The van der Waals surface area contributed by atoms with Crippen molar-refractivity contribution in [3.05, 3.63) is 50.2 Å². The molecule has 0 N–H and O–H groups in total. The molecule has 2 heteroatoms. The Bertz CT molecular complexity index is 139. The van der Waals surface area contributed by atoms with Crippen LogP contribution in [0.15, 0.2) is 30.3 Å². The summed E-state index contributed by atoms with van der Waals surface area (Å²) >= 11 is 0. The normalized spacial score (nSPS) is 6.00. The molecule has 0 atom stereocenters. The summed E-state index contributed by atoms with van der Waals surface area (Å²) in [5.41, 5.74) is 1.07. The van der Waals surface area contributed by atoms with Crippen molar-refractivity contribution in [3.63, 3.8) is 0 Å². The Kier molecular flexibility index (Phi) is 14.9. The molecule has 0 heterocycles. The van der Waals surface area contributed by atoms with Gasteiger partial charge >= 0.3 is 19.5 Å². The molecule has 0 bridgehead atoms. The van der Waals surface area contributed by atoms with Gasteiger partial charge in [0.05, 0.1) is 0 Å². The van der Waals surface area contributed by atoms with E-state index in [4.69, 9.17) is 0 Å². The van der Waals surface area contributed by atoms with Crippen molar-refractivity contribution in [1.29, 1.82) is 0 Å². The number of hydrogen-bond donors (Lipinski definition) is 0. The Morgan fingerprint density at radius 2 is 1.40 bits per heavy atom. The van der Waals surface area contributed by atoms with Crippen molar-refractivity contribution in [2.75, 3.05) is 0 Å². The van der Waals surface area contributed by atoms with Crippen molar-refractivity contribution in [2.24, 2.45) is 0 Å². The molecular weight excluding hydrogens is 197 g/mol. The fourth-order valence-corrected chi connectivity index (χ4v) is 0.478. The van der Waals surface area contributed by atoms with Crippen molar-refractivity contribution in [3.8, 4) is 0 Å². The van der Waals surface area contributed by atoms with Crippen LogP contribution in [0.4, 0.5) is 0 Å². The Morgan fingerprint density at radius 3 is 1.60 bits per heavy atom. The maximum atomic E-state index is 3.72. The molecule has 1 aromatic rings. The number of halogens is 1. The van der Waals surface area contributed by atoms with Crippen LogP contribution in [0.1, 0.15) is 5.56 Å². The zero-order valence-electron chi connectivity index (χ0n) is 6.21. The summed E-state index contributed by atoms with van der Waals surface area (Å²) in [6.45, 7) is 3.72. The van der Waals surface area contributed by atoms with Gasteiger partial charge in [-0.1, -0.05) is 6.07 Å². The van der Waals surface area contributed by atoms with E-state index in [2.05, 4.69) is 6.92 Å². The largest absolute Gasteiger partial charge is 2.00 e. The van der Waals surface area contributed by atoms with Crippen LogP contribution in [0.25, 0.3) is 0 Å². The summed E-state index contributed by atoms with van der Waals surface area (Å²) in [6.07, 6.45) is 0. The number of benzene rings is 1. The molecule has 0 aliphatic heterocycles. The smallest absolute Gasteiger partial charge is 0.358 e. The van der Waals surface area contributed by atoms with Crippen LogP contribution < -0.4 is 0 Å². The fraction of sp³-hybridized carbons (Fsp3) is 0. The van der Waals surface area contributed by atoms with E-state index >= 15 is 0 Å². The van der Waals surface area contributed by atoms with Crippen LogP contribution in [0.5, 0.6) is 0 Å². The summed E-state index contributed by atoms with van der Waals surface area (Å²) in [5.74, 6) is 0. The average Bonchev–Trinajstić information content (AvgIpc) is 1.69. The van der Waals surface area contributed by atoms with Gasteiger partial charge in [0.2, 0.25) is 0 Å². The second kappa shape index (κ2) is 9.00. The Labute approximate surface area is 82.2 Å². The van der Waals surface area contributed by atoms with Crippen molar-refractivity contribution >= 4 is 12.4 Å². The van der Waals surface area contributed by atoms with E-state index in [1.807, 2.05) is 30.3 Å². The molecule has 0 saturated heterocycles. The third-order valence-corrected chi connectivity index (χ3v) is 0.843. The van der Waals surface area contributed by atoms with Gasteiger partial charge in [-0.15, -0.1) is 24.5 Å². The molecule has 1 aromatic carbocycles. The van der Waals surface area contributed by atoms with Crippen LogP contribution in [0, 0.1) is 14.4 Å². The first-order valence-electron chi connectivity index (χ1n) is 2.26. The first-order chi connectivity index (χ1) is 3.39. The first-order valence-corrected chi connectivity index (χ1v) is 2.26. The molecule has 0 fully saturated rings. The SMILES string of the molecule is Cl.[CH2-]c1ccccc1.[CH3-].[Zn+2]. The summed E-state index contributed by atoms with van der Waals surface area (Å²) in [5, 5.41) is 0. The van der Waals surface area contributed by atoms with E-state index in [0.29, 0.717) is 0 Å². The van der Waals surface area contributed by atoms with Crippen molar-refractivity contribution < 1.29 is 19.5 Å². The van der Waals surface area contributed by atoms with Gasteiger partial charge in [-0.3, -0.25) is 0 Å². The van der Waals surface area contributed by atoms with E-state index in [9.17, 15) is 0 Å². The van der Waals surface area contributed by atoms with Gasteiger partial charge in [-0.05, 0) is 0 Å². The summed E-state index contributed by atoms with van der Waals surface area (Å²) in [7, 11) is 0. The van der Waals surface area contributed by atoms with E-state index < -0.39 is 0 Å². The topological polar surface area (TPSA) is 0 Å². The van der Waals surface area contributed by atoms with Crippen LogP contribution in [0.2, 0.25) is 0 Å². The van der Waals surface area contributed by atoms with Gasteiger partial charge in [-0.25, -0.2) is 0 Å². The van der Waals surface area contributed by atoms with Crippen LogP contribution in [0.3, 0.4) is 0 Å². The molecule has 0 aliphatic rings. The molecular formula is C8H11ClZn. The summed E-state index contributed by atoms with van der Waals surface area (Å²) in [6, 6.07) is 9.87. The van der Waals surface area contributed by atoms with E-state index in [0.717, 1.165) is 5.56 Å². The Balaban J connectivity index is -0.000000163. The van der Waals surface area contributed by atoms with E-state index in [-0.39, 0.29) is 39.3 Å².